The van der Waals surface area contributed by atoms with Crippen molar-refractivity contribution in [2.45, 2.75) is 9.92 Å². The van der Waals surface area contributed by atoms with Gasteiger partial charge in [0.05, 0.1) is 46.6 Å². The van der Waals surface area contributed by atoms with Gasteiger partial charge in [0, 0.05) is 16.3 Å². The van der Waals surface area contributed by atoms with E-state index in [9.17, 15) is 0 Å². The molecule has 0 amide bonds. The fourth-order valence-corrected chi connectivity index (χ4v) is 4.26. The number of aliphatic imine (C=N–C) groups is 1. The van der Waals surface area contributed by atoms with Crippen molar-refractivity contribution in [3.63, 3.8) is 0 Å². The summed E-state index contributed by atoms with van der Waals surface area (Å²) in [7, 11) is 8.05. The summed E-state index contributed by atoms with van der Waals surface area (Å²) < 4.78 is 27.4. The van der Waals surface area contributed by atoms with Gasteiger partial charge in [-0.25, -0.2) is 4.99 Å². The molecule has 0 saturated heterocycles. The van der Waals surface area contributed by atoms with Crippen LogP contribution in [0.15, 0.2) is 39.2 Å². The number of aromatic amines is 1. The van der Waals surface area contributed by atoms with Crippen LogP contribution in [0, 0.1) is 0 Å². The minimum absolute atomic E-state index is 0.498. The van der Waals surface area contributed by atoms with Gasteiger partial charge in [0.2, 0.25) is 5.90 Å². The minimum Gasteiger partial charge on any atom is -0.493 e. The quantitative estimate of drug-likeness (QED) is 0.700. The zero-order chi connectivity index (χ0) is 19.8. The predicted molar refractivity (Wildman–Crippen MR) is 108 cm³/mol. The van der Waals surface area contributed by atoms with Gasteiger partial charge in [-0.3, -0.25) is 0 Å². The Morgan fingerprint density at radius 1 is 0.750 bits per heavy atom. The van der Waals surface area contributed by atoms with Crippen molar-refractivity contribution < 1.29 is 23.7 Å². The maximum absolute atomic E-state index is 5.62. The highest BCUT2D eigenvalue weighted by Crippen LogP contribution is 2.48. The summed E-state index contributed by atoms with van der Waals surface area (Å²) in [5, 5.41) is 1.81. The molecule has 0 radical (unpaired) electrons. The monoisotopic (exact) mass is 400 g/mol. The average Bonchev–Trinajstić information content (AvgIpc) is 2.97. The molecule has 3 aromatic rings. The predicted octanol–water partition coefficient (Wildman–Crippen LogP) is 4.39. The first-order valence-electron chi connectivity index (χ1n) is 8.48. The number of nitrogens with zero attached hydrogens (tertiary/aromatic N) is 1. The van der Waals surface area contributed by atoms with Crippen LogP contribution in [0.25, 0.3) is 10.9 Å². The molecule has 4 rings (SSSR count). The number of nitrogens with one attached hydrogen (secondary N) is 1. The third-order valence-electron chi connectivity index (χ3n) is 4.58. The Morgan fingerprint density at radius 3 is 2.00 bits per heavy atom. The first kappa shape index (κ1) is 18.4. The van der Waals surface area contributed by atoms with E-state index in [4.69, 9.17) is 28.7 Å². The lowest BCUT2D eigenvalue weighted by atomic mass is 10.2. The number of ether oxygens (including phenoxy) is 5. The molecule has 2 heterocycles. The fraction of sp³-hybridized carbons (Fsp3) is 0.250. The van der Waals surface area contributed by atoms with E-state index >= 15 is 0 Å². The number of rotatable bonds is 4. The Bertz CT molecular complexity index is 1090. The maximum atomic E-state index is 5.62. The molecule has 28 heavy (non-hydrogen) atoms. The van der Waals surface area contributed by atoms with Gasteiger partial charge in [0.25, 0.3) is 0 Å². The summed E-state index contributed by atoms with van der Waals surface area (Å²) in [6.45, 7) is 0. The van der Waals surface area contributed by atoms with Gasteiger partial charge in [0.1, 0.15) is 10.7 Å². The standard InChI is InChI=1S/C20H20N2O5S/c1-23-13-6-10-12(8-15(13)25-3)21-20-18(10)22-19(27-5)11-7-14(24-2)16(26-4)9-17(11)28-20/h6-9,21H,1-5H3. The van der Waals surface area contributed by atoms with Gasteiger partial charge >= 0.3 is 0 Å². The molecule has 0 saturated carbocycles. The number of hydrogen-bond donors (Lipinski definition) is 1. The molecule has 2 aromatic carbocycles. The zero-order valence-electron chi connectivity index (χ0n) is 16.2. The molecule has 0 spiro atoms. The van der Waals surface area contributed by atoms with Crippen molar-refractivity contribution in [3.8, 4) is 23.0 Å². The minimum atomic E-state index is 0.498. The topological polar surface area (TPSA) is 74.3 Å². The number of hydrogen-bond acceptors (Lipinski definition) is 7. The van der Waals surface area contributed by atoms with Gasteiger partial charge in [-0.1, -0.05) is 11.8 Å². The van der Waals surface area contributed by atoms with E-state index in [0.717, 1.165) is 32.1 Å². The van der Waals surface area contributed by atoms with Crippen molar-refractivity contribution in [2.75, 3.05) is 35.5 Å². The number of methoxy groups -OCH3 is 5. The first-order chi connectivity index (χ1) is 13.6. The Hall–Kier alpha value is -3.00. The van der Waals surface area contributed by atoms with Crippen LogP contribution in [0.4, 0.5) is 5.69 Å². The van der Waals surface area contributed by atoms with Crippen LogP contribution < -0.4 is 18.9 Å². The smallest absolute Gasteiger partial charge is 0.222 e. The molecule has 146 valence electrons. The Balaban J connectivity index is 1.96. The molecule has 0 aliphatic carbocycles. The van der Waals surface area contributed by atoms with Crippen LogP contribution >= 0.6 is 11.8 Å². The molecule has 0 atom stereocenters. The number of fused-ring (bicyclic) bond motifs is 4. The van der Waals surface area contributed by atoms with Crippen molar-refractivity contribution in [3.05, 3.63) is 29.8 Å². The maximum Gasteiger partial charge on any atom is 0.222 e. The highest BCUT2D eigenvalue weighted by molar-refractivity contribution is 7.99. The van der Waals surface area contributed by atoms with Crippen molar-refractivity contribution >= 4 is 34.2 Å². The third kappa shape index (κ3) is 2.80. The summed E-state index contributed by atoms with van der Waals surface area (Å²) in [5.41, 5.74) is 2.52. The van der Waals surface area contributed by atoms with Gasteiger partial charge in [-0.2, -0.15) is 0 Å². The molecule has 8 heteroatoms. The largest absolute Gasteiger partial charge is 0.493 e. The van der Waals surface area contributed by atoms with Gasteiger partial charge in [-0.15, -0.1) is 0 Å². The van der Waals surface area contributed by atoms with Gasteiger partial charge in [0.15, 0.2) is 23.0 Å². The second-order valence-corrected chi connectivity index (χ2v) is 7.03. The number of H-pyrrole nitrogens is 1. The molecule has 7 nitrogen and oxygen atoms in total. The molecular formula is C20H20N2O5S. The van der Waals surface area contributed by atoms with E-state index < -0.39 is 0 Å². The lowest BCUT2D eigenvalue weighted by Gasteiger charge is -2.13. The summed E-state index contributed by atoms with van der Waals surface area (Å²) >= 11 is 1.56. The molecule has 1 aliphatic rings. The van der Waals surface area contributed by atoms with Crippen LogP contribution in [0.1, 0.15) is 5.56 Å². The molecule has 0 unspecified atom stereocenters. The van der Waals surface area contributed by atoms with Crippen LogP contribution in [-0.2, 0) is 4.74 Å². The number of benzene rings is 2. The van der Waals surface area contributed by atoms with Gasteiger partial charge < -0.3 is 28.7 Å². The van der Waals surface area contributed by atoms with Crippen LogP contribution in [0.2, 0.25) is 0 Å². The van der Waals surface area contributed by atoms with Crippen LogP contribution in [-0.4, -0.2) is 46.4 Å². The third-order valence-corrected chi connectivity index (χ3v) is 5.63. The highest BCUT2D eigenvalue weighted by atomic mass is 32.2. The molecule has 0 fully saturated rings. The van der Waals surface area contributed by atoms with E-state index in [0.29, 0.717) is 28.9 Å². The summed E-state index contributed by atoms with van der Waals surface area (Å²) in [4.78, 5) is 9.17. The van der Waals surface area contributed by atoms with E-state index in [1.807, 2.05) is 24.3 Å². The number of aromatic nitrogens is 1. The lowest BCUT2D eigenvalue weighted by molar-refractivity contribution is 0.353. The molecule has 1 N–H and O–H groups in total. The first-order valence-corrected chi connectivity index (χ1v) is 9.29. The molecule has 1 aliphatic heterocycles. The van der Waals surface area contributed by atoms with Gasteiger partial charge in [-0.05, 0) is 18.2 Å². The Labute approximate surface area is 166 Å². The summed E-state index contributed by atoms with van der Waals surface area (Å²) in [6.07, 6.45) is 0. The molecule has 1 aromatic heterocycles. The van der Waals surface area contributed by atoms with Crippen molar-refractivity contribution in [1.82, 2.24) is 4.98 Å². The normalized spacial score (nSPS) is 12.5. The zero-order valence-corrected chi connectivity index (χ0v) is 17.0. The molecule has 0 bridgehead atoms. The summed E-state index contributed by atoms with van der Waals surface area (Å²) in [5.74, 6) is 3.05. The molecular weight excluding hydrogens is 380 g/mol. The SMILES string of the molecule is COC1=Nc2c([nH]c3cc(OC)c(OC)cc23)Sc2cc(OC)c(OC)cc21. The Morgan fingerprint density at radius 2 is 1.36 bits per heavy atom. The van der Waals surface area contributed by atoms with Crippen LogP contribution in [0.3, 0.4) is 0 Å². The lowest BCUT2D eigenvalue weighted by Crippen LogP contribution is -2.05. The second-order valence-electron chi connectivity index (χ2n) is 5.98. The summed E-state index contributed by atoms with van der Waals surface area (Å²) in [6, 6.07) is 7.62. The highest BCUT2D eigenvalue weighted by Gasteiger charge is 2.25. The Kier molecular flexibility index (Phi) is 4.72. The second kappa shape index (κ2) is 7.20. The van der Waals surface area contributed by atoms with Crippen molar-refractivity contribution in [1.29, 1.82) is 0 Å². The van der Waals surface area contributed by atoms with E-state index in [2.05, 4.69) is 4.98 Å². The fourth-order valence-electron chi connectivity index (χ4n) is 3.21. The van der Waals surface area contributed by atoms with E-state index in [1.165, 1.54) is 0 Å². The van der Waals surface area contributed by atoms with E-state index in [1.54, 1.807) is 47.3 Å². The van der Waals surface area contributed by atoms with Crippen LogP contribution in [0.5, 0.6) is 23.0 Å². The van der Waals surface area contributed by atoms with Crippen molar-refractivity contribution in [2.24, 2.45) is 4.99 Å². The van der Waals surface area contributed by atoms with E-state index in [-0.39, 0.29) is 0 Å². The average molecular weight is 400 g/mol.